The van der Waals surface area contributed by atoms with Crippen molar-refractivity contribution in [2.45, 2.75) is 51.9 Å². The number of nitrogens with one attached hydrogen (secondary N) is 1. The van der Waals surface area contributed by atoms with Gasteiger partial charge in [-0.3, -0.25) is 9.59 Å². The normalized spacial score (nSPS) is 22.1. The number of amides is 2. The quantitative estimate of drug-likeness (QED) is 0.729. The molecule has 0 unspecified atom stereocenters. The van der Waals surface area contributed by atoms with Gasteiger partial charge in [0.05, 0.1) is 18.7 Å². The number of carbonyl (C=O) groups is 2. The number of aliphatic hydroxyl groups is 1. The van der Waals surface area contributed by atoms with E-state index in [0.717, 1.165) is 16.7 Å². The van der Waals surface area contributed by atoms with Crippen LogP contribution in [0.2, 0.25) is 0 Å². The highest BCUT2D eigenvalue weighted by Gasteiger charge is 2.37. The van der Waals surface area contributed by atoms with E-state index < -0.39 is 6.10 Å². The van der Waals surface area contributed by atoms with Crippen molar-refractivity contribution in [3.05, 3.63) is 46.6 Å². The molecule has 3 aliphatic rings. The summed E-state index contributed by atoms with van der Waals surface area (Å²) in [4.78, 5) is 40.0. The van der Waals surface area contributed by atoms with Crippen LogP contribution in [0.3, 0.4) is 0 Å². The molecule has 1 aromatic heterocycles. The molecule has 0 radical (unpaired) electrons. The number of hydrogen-bond donors (Lipinski definition) is 2. The zero-order valence-electron chi connectivity index (χ0n) is 19.3. The van der Waals surface area contributed by atoms with Crippen molar-refractivity contribution < 1.29 is 14.7 Å². The van der Waals surface area contributed by atoms with Gasteiger partial charge in [-0.2, -0.15) is 4.98 Å². The van der Waals surface area contributed by atoms with Crippen LogP contribution in [0.5, 0.6) is 0 Å². The minimum Gasteiger partial charge on any atom is -0.390 e. The Balaban J connectivity index is 1.50. The number of nitrogens with zero attached hydrogens (tertiary/aromatic N) is 5. The Labute approximate surface area is 193 Å². The molecule has 2 amide bonds. The van der Waals surface area contributed by atoms with Gasteiger partial charge in [0.2, 0.25) is 11.9 Å². The number of carbonyl (C=O) groups excluding carboxylic acids is 2. The molecular weight excluding hydrogens is 420 g/mol. The Bertz CT molecular complexity index is 1100. The fourth-order valence-corrected chi connectivity index (χ4v) is 4.97. The van der Waals surface area contributed by atoms with Gasteiger partial charge in [-0.15, -0.1) is 0 Å². The van der Waals surface area contributed by atoms with E-state index >= 15 is 0 Å². The summed E-state index contributed by atoms with van der Waals surface area (Å²) in [5.41, 5.74) is 3.37. The maximum atomic E-state index is 13.2. The Morgan fingerprint density at radius 1 is 1.15 bits per heavy atom. The molecule has 33 heavy (non-hydrogen) atoms. The molecule has 1 aromatic carbocycles. The standard InChI is InChI=1S/C24H30N6O3/c1-14(2)30-13-18-21(23(30)33)26-24(29-10-8-28(9-11-29)15(3)31)27-22(18)25-20-17-7-5-4-6-16(17)12-19(20)32/h4-7,14,19-20,32H,8-13H2,1-3H3,(H,25,26,27)/t19-,20+/m1/s1. The van der Waals surface area contributed by atoms with Crippen LogP contribution >= 0.6 is 0 Å². The topological polar surface area (TPSA) is 102 Å². The molecule has 1 fully saturated rings. The van der Waals surface area contributed by atoms with E-state index in [1.165, 1.54) is 0 Å². The van der Waals surface area contributed by atoms with Gasteiger partial charge < -0.3 is 25.1 Å². The van der Waals surface area contributed by atoms with Gasteiger partial charge in [-0.1, -0.05) is 24.3 Å². The summed E-state index contributed by atoms with van der Waals surface area (Å²) in [5.74, 6) is 1.05. The van der Waals surface area contributed by atoms with E-state index in [0.29, 0.717) is 56.6 Å². The van der Waals surface area contributed by atoms with Crippen molar-refractivity contribution in [3.63, 3.8) is 0 Å². The first-order chi connectivity index (χ1) is 15.8. The van der Waals surface area contributed by atoms with Crippen molar-refractivity contribution in [2.75, 3.05) is 36.4 Å². The highest BCUT2D eigenvalue weighted by Crippen LogP contribution is 2.37. The van der Waals surface area contributed by atoms with E-state index in [9.17, 15) is 14.7 Å². The fraction of sp³-hybridized carbons (Fsp3) is 0.500. The molecule has 2 N–H and O–H groups in total. The van der Waals surface area contributed by atoms with Crippen LogP contribution in [-0.4, -0.2) is 75.0 Å². The number of benzene rings is 1. The van der Waals surface area contributed by atoms with Crippen LogP contribution in [0, 0.1) is 0 Å². The second kappa shape index (κ2) is 8.30. The molecule has 9 nitrogen and oxygen atoms in total. The highest BCUT2D eigenvalue weighted by atomic mass is 16.3. The summed E-state index contributed by atoms with van der Waals surface area (Å²) in [6.45, 7) is 8.40. The number of rotatable bonds is 4. The number of anilines is 2. The van der Waals surface area contributed by atoms with Crippen molar-refractivity contribution >= 4 is 23.6 Å². The molecule has 1 aliphatic carbocycles. The predicted molar refractivity (Wildman–Crippen MR) is 124 cm³/mol. The Kier molecular flexibility index (Phi) is 5.44. The summed E-state index contributed by atoms with van der Waals surface area (Å²) in [6.07, 6.45) is 0.00627. The minimum atomic E-state index is -0.575. The molecule has 174 valence electrons. The zero-order valence-corrected chi connectivity index (χ0v) is 19.3. The average molecular weight is 451 g/mol. The molecule has 0 saturated carbocycles. The molecule has 5 rings (SSSR count). The van der Waals surface area contributed by atoms with Crippen molar-refractivity contribution in [3.8, 4) is 0 Å². The molecule has 2 aromatic rings. The average Bonchev–Trinajstić information content (AvgIpc) is 3.30. The number of piperazine rings is 1. The minimum absolute atomic E-state index is 0.0416. The summed E-state index contributed by atoms with van der Waals surface area (Å²) in [5, 5.41) is 14.2. The summed E-state index contributed by atoms with van der Waals surface area (Å²) >= 11 is 0. The lowest BCUT2D eigenvalue weighted by atomic mass is 10.1. The third-order valence-electron chi connectivity index (χ3n) is 6.91. The van der Waals surface area contributed by atoms with Crippen LogP contribution in [-0.2, 0) is 17.8 Å². The maximum Gasteiger partial charge on any atom is 0.273 e. The molecule has 9 heteroatoms. The Morgan fingerprint density at radius 3 is 2.58 bits per heavy atom. The molecule has 0 bridgehead atoms. The van der Waals surface area contributed by atoms with Crippen LogP contribution in [0.4, 0.5) is 11.8 Å². The van der Waals surface area contributed by atoms with E-state index in [1.807, 2.05) is 43.0 Å². The second-order valence-electron chi connectivity index (χ2n) is 9.31. The monoisotopic (exact) mass is 450 g/mol. The van der Waals surface area contributed by atoms with Crippen LogP contribution in [0.25, 0.3) is 0 Å². The van der Waals surface area contributed by atoms with Crippen LogP contribution in [0.15, 0.2) is 24.3 Å². The summed E-state index contributed by atoms with van der Waals surface area (Å²) < 4.78 is 0. The van der Waals surface area contributed by atoms with Gasteiger partial charge in [0, 0.05) is 51.1 Å². The summed E-state index contributed by atoms with van der Waals surface area (Å²) in [6, 6.07) is 7.76. The third kappa shape index (κ3) is 3.80. The number of aliphatic hydroxyl groups excluding tert-OH is 1. The number of hydrogen-bond acceptors (Lipinski definition) is 7. The molecule has 2 atom stereocenters. The van der Waals surface area contributed by atoms with Crippen molar-refractivity contribution in [2.24, 2.45) is 0 Å². The molecule has 0 spiro atoms. The SMILES string of the molecule is CC(=O)N1CCN(c2nc(N[C@H]3c4ccccc4C[C@H]3O)c3c(n2)C(=O)N(C(C)C)C3)CC1. The molecule has 2 aliphatic heterocycles. The molecule has 3 heterocycles. The molecule has 1 saturated heterocycles. The van der Waals surface area contributed by atoms with Crippen LogP contribution < -0.4 is 10.2 Å². The number of fused-ring (bicyclic) bond motifs is 2. The zero-order chi connectivity index (χ0) is 23.3. The number of aromatic nitrogens is 2. The third-order valence-corrected chi connectivity index (χ3v) is 6.91. The maximum absolute atomic E-state index is 13.2. The van der Waals surface area contributed by atoms with Gasteiger partial charge in [0.1, 0.15) is 11.5 Å². The van der Waals surface area contributed by atoms with E-state index in [1.54, 1.807) is 16.7 Å². The lowest BCUT2D eigenvalue weighted by Gasteiger charge is -2.34. The first-order valence-corrected chi connectivity index (χ1v) is 11.6. The van der Waals surface area contributed by atoms with Gasteiger partial charge in [-0.25, -0.2) is 4.98 Å². The van der Waals surface area contributed by atoms with Crippen molar-refractivity contribution in [1.29, 1.82) is 0 Å². The van der Waals surface area contributed by atoms with Crippen molar-refractivity contribution in [1.82, 2.24) is 19.8 Å². The van der Waals surface area contributed by atoms with E-state index in [-0.39, 0.29) is 23.9 Å². The summed E-state index contributed by atoms with van der Waals surface area (Å²) in [7, 11) is 0. The van der Waals surface area contributed by atoms with Crippen LogP contribution in [0.1, 0.15) is 54.0 Å². The fourth-order valence-electron chi connectivity index (χ4n) is 4.97. The highest BCUT2D eigenvalue weighted by molar-refractivity contribution is 5.98. The van der Waals surface area contributed by atoms with Gasteiger partial charge in [0.15, 0.2) is 0 Å². The van der Waals surface area contributed by atoms with Gasteiger partial charge >= 0.3 is 0 Å². The first kappa shape index (κ1) is 21.6. The Hall–Kier alpha value is -3.20. The van der Waals surface area contributed by atoms with Gasteiger partial charge in [0.25, 0.3) is 5.91 Å². The van der Waals surface area contributed by atoms with E-state index in [2.05, 4.69) is 10.3 Å². The smallest absolute Gasteiger partial charge is 0.273 e. The molecular formula is C24H30N6O3. The Morgan fingerprint density at radius 2 is 1.88 bits per heavy atom. The van der Waals surface area contributed by atoms with Gasteiger partial charge in [-0.05, 0) is 25.0 Å². The van der Waals surface area contributed by atoms with E-state index in [4.69, 9.17) is 4.98 Å². The second-order valence-corrected chi connectivity index (χ2v) is 9.31. The largest absolute Gasteiger partial charge is 0.390 e. The first-order valence-electron chi connectivity index (χ1n) is 11.6. The lowest BCUT2D eigenvalue weighted by Crippen LogP contribution is -2.48. The lowest BCUT2D eigenvalue weighted by molar-refractivity contribution is -0.129. The predicted octanol–water partition coefficient (Wildman–Crippen LogP) is 1.58.